The van der Waals surface area contributed by atoms with E-state index in [1.54, 1.807) is 0 Å². The van der Waals surface area contributed by atoms with Gasteiger partial charge in [-0.1, -0.05) is 61.0 Å². The number of hydrogen-bond donors (Lipinski definition) is 0. The SMILES string of the molecule is CC(C)(C)[Si](C)(C)OC(/C=C/I)COc1cccc(Cl)c1. The van der Waals surface area contributed by atoms with Crippen LogP contribution in [0.15, 0.2) is 34.4 Å². The average molecular weight is 439 g/mol. The van der Waals surface area contributed by atoms with Crippen LogP contribution in [0.25, 0.3) is 0 Å². The van der Waals surface area contributed by atoms with Crippen LogP contribution in [-0.2, 0) is 4.43 Å². The highest BCUT2D eigenvalue weighted by molar-refractivity contribution is 14.1. The van der Waals surface area contributed by atoms with Gasteiger partial charge in [-0.25, -0.2) is 0 Å². The molecule has 0 saturated heterocycles. The van der Waals surface area contributed by atoms with Gasteiger partial charge in [-0.15, -0.1) is 0 Å². The summed E-state index contributed by atoms with van der Waals surface area (Å²) in [5, 5.41) is 0.860. The lowest BCUT2D eigenvalue weighted by Crippen LogP contribution is -2.44. The van der Waals surface area contributed by atoms with Crippen molar-refractivity contribution in [2.24, 2.45) is 0 Å². The van der Waals surface area contributed by atoms with Crippen molar-refractivity contribution in [3.05, 3.63) is 39.4 Å². The molecule has 1 rings (SSSR count). The van der Waals surface area contributed by atoms with Gasteiger partial charge >= 0.3 is 0 Å². The fourth-order valence-corrected chi connectivity index (χ4v) is 3.40. The van der Waals surface area contributed by atoms with Crippen LogP contribution in [0.2, 0.25) is 23.2 Å². The predicted molar refractivity (Wildman–Crippen MR) is 102 cm³/mol. The normalized spacial score (nSPS) is 14.4. The van der Waals surface area contributed by atoms with E-state index in [1.165, 1.54) is 0 Å². The molecule has 0 aliphatic heterocycles. The summed E-state index contributed by atoms with van der Waals surface area (Å²) in [6.45, 7) is 11.7. The van der Waals surface area contributed by atoms with Gasteiger partial charge in [0.2, 0.25) is 0 Å². The van der Waals surface area contributed by atoms with Gasteiger partial charge in [-0.2, -0.15) is 0 Å². The van der Waals surface area contributed by atoms with Crippen molar-refractivity contribution in [2.45, 2.75) is 45.0 Å². The van der Waals surface area contributed by atoms with Crippen LogP contribution in [-0.4, -0.2) is 21.0 Å². The molecule has 2 nitrogen and oxygen atoms in total. The number of ether oxygens (including phenoxy) is 1. The molecule has 1 atom stereocenters. The molecular formula is C16H24ClIO2Si. The lowest BCUT2D eigenvalue weighted by atomic mass is 10.2. The van der Waals surface area contributed by atoms with Crippen LogP contribution in [0, 0.1) is 0 Å². The second-order valence-corrected chi connectivity index (χ2v) is 12.4. The van der Waals surface area contributed by atoms with E-state index in [0.717, 1.165) is 5.75 Å². The molecule has 21 heavy (non-hydrogen) atoms. The lowest BCUT2D eigenvalue weighted by molar-refractivity contribution is 0.150. The third-order valence-corrected chi connectivity index (χ3v) is 8.90. The van der Waals surface area contributed by atoms with E-state index in [0.29, 0.717) is 11.6 Å². The zero-order valence-electron chi connectivity index (χ0n) is 13.3. The van der Waals surface area contributed by atoms with Gasteiger partial charge in [-0.3, -0.25) is 0 Å². The molecule has 0 aromatic heterocycles. The molecule has 0 fully saturated rings. The molecule has 1 unspecified atom stereocenters. The van der Waals surface area contributed by atoms with Gasteiger partial charge in [0.05, 0.1) is 6.10 Å². The molecule has 5 heteroatoms. The fraction of sp³-hybridized carbons (Fsp3) is 0.500. The predicted octanol–water partition coefficient (Wildman–Crippen LogP) is 6.06. The Bertz CT molecular complexity index is 483. The zero-order chi connectivity index (χ0) is 16.1. The maximum Gasteiger partial charge on any atom is 0.193 e. The highest BCUT2D eigenvalue weighted by atomic mass is 127. The first-order chi connectivity index (χ1) is 9.65. The maximum atomic E-state index is 6.38. The monoisotopic (exact) mass is 438 g/mol. The third-order valence-electron chi connectivity index (χ3n) is 3.75. The van der Waals surface area contributed by atoms with Crippen LogP contribution in [0.4, 0.5) is 0 Å². The molecule has 0 N–H and O–H groups in total. The minimum Gasteiger partial charge on any atom is -0.491 e. The number of rotatable bonds is 6. The number of halogens is 2. The first-order valence-electron chi connectivity index (χ1n) is 6.99. The van der Waals surface area contributed by atoms with E-state index in [-0.39, 0.29) is 11.1 Å². The topological polar surface area (TPSA) is 18.5 Å². The smallest absolute Gasteiger partial charge is 0.193 e. The molecule has 0 saturated carbocycles. The summed E-state index contributed by atoms with van der Waals surface area (Å²) in [4.78, 5) is 0. The van der Waals surface area contributed by atoms with Crippen molar-refractivity contribution in [2.75, 3.05) is 6.61 Å². The summed E-state index contributed by atoms with van der Waals surface area (Å²) in [7, 11) is -1.81. The molecule has 1 aromatic carbocycles. The molecule has 0 bridgehead atoms. The van der Waals surface area contributed by atoms with Gasteiger partial charge in [-0.05, 0) is 46.5 Å². The Morgan fingerprint density at radius 2 is 2.00 bits per heavy atom. The van der Waals surface area contributed by atoms with Crippen LogP contribution >= 0.6 is 34.2 Å². The Hall–Kier alpha value is -0.0431. The van der Waals surface area contributed by atoms with E-state index in [1.807, 2.05) is 34.4 Å². The highest BCUT2D eigenvalue weighted by Gasteiger charge is 2.38. The molecule has 0 aliphatic carbocycles. The third kappa shape index (κ3) is 6.30. The fourth-order valence-electron chi connectivity index (χ4n) is 1.50. The van der Waals surface area contributed by atoms with Gasteiger partial charge < -0.3 is 9.16 Å². The van der Waals surface area contributed by atoms with E-state index < -0.39 is 8.32 Å². The van der Waals surface area contributed by atoms with Crippen molar-refractivity contribution >= 4 is 42.5 Å². The second-order valence-electron chi connectivity index (χ2n) is 6.50. The Kier molecular flexibility index (Phi) is 7.23. The standard InChI is InChI=1S/C16H24ClIO2Si/c1-16(2,3)21(4,5)20-15(9-10-18)12-19-14-8-6-7-13(17)11-14/h6-11,15H,12H2,1-5H3/b10-9+. The summed E-state index contributed by atoms with van der Waals surface area (Å²) < 4.78 is 14.2. The first-order valence-corrected chi connectivity index (χ1v) is 11.5. The van der Waals surface area contributed by atoms with E-state index in [9.17, 15) is 0 Å². The zero-order valence-corrected chi connectivity index (χ0v) is 17.2. The van der Waals surface area contributed by atoms with Crippen molar-refractivity contribution in [3.63, 3.8) is 0 Å². The minimum atomic E-state index is -1.81. The van der Waals surface area contributed by atoms with Crippen LogP contribution in [0.1, 0.15) is 20.8 Å². The molecule has 0 spiro atoms. The summed E-state index contributed by atoms with van der Waals surface area (Å²) in [5.74, 6) is 0.771. The Labute approximate surface area is 148 Å². The number of hydrogen-bond acceptors (Lipinski definition) is 2. The van der Waals surface area contributed by atoms with Crippen LogP contribution in [0.5, 0.6) is 5.75 Å². The van der Waals surface area contributed by atoms with E-state index in [2.05, 4.69) is 56.5 Å². The summed E-state index contributed by atoms with van der Waals surface area (Å²) in [6, 6.07) is 7.44. The Morgan fingerprint density at radius 1 is 1.33 bits per heavy atom. The minimum absolute atomic E-state index is 0.0400. The Balaban J connectivity index is 2.71. The Morgan fingerprint density at radius 3 is 2.52 bits per heavy atom. The maximum absolute atomic E-state index is 6.38. The molecule has 0 amide bonds. The van der Waals surface area contributed by atoms with Gasteiger partial charge in [0.25, 0.3) is 0 Å². The second kappa shape index (κ2) is 7.99. The van der Waals surface area contributed by atoms with Crippen molar-refractivity contribution in [1.29, 1.82) is 0 Å². The van der Waals surface area contributed by atoms with Crippen LogP contribution < -0.4 is 4.74 Å². The van der Waals surface area contributed by atoms with E-state index in [4.69, 9.17) is 20.8 Å². The highest BCUT2D eigenvalue weighted by Crippen LogP contribution is 2.37. The van der Waals surface area contributed by atoms with Gasteiger partial charge in [0.15, 0.2) is 8.32 Å². The molecule has 0 radical (unpaired) electrons. The first kappa shape index (κ1) is 19.0. The molecule has 0 aliphatic rings. The average Bonchev–Trinajstić information content (AvgIpc) is 2.34. The van der Waals surface area contributed by atoms with Crippen molar-refractivity contribution < 1.29 is 9.16 Å². The van der Waals surface area contributed by atoms with Gasteiger partial charge in [0.1, 0.15) is 12.4 Å². The molecule has 0 heterocycles. The number of benzene rings is 1. The molecule has 118 valence electrons. The summed E-state index contributed by atoms with van der Waals surface area (Å²) in [5.41, 5.74) is 0. The summed E-state index contributed by atoms with van der Waals surface area (Å²) >= 11 is 8.18. The lowest BCUT2D eigenvalue weighted by Gasteiger charge is -2.38. The van der Waals surface area contributed by atoms with Crippen molar-refractivity contribution in [3.8, 4) is 5.75 Å². The van der Waals surface area contributed by atoms with Crippen LogP contribution in [0.3, 0.4) is 0 Å². The molecule has 1 aromatic rings. The summed E-state index contributed by atoms with van der Waals surface area (Å²) in [6.07, 6.45) is 2.01. The largest absolute Gasteiger partial charge is 0.491 e. The molecular weight excluding hydrogens is 415 g/mol. The van der Waals surface area contributed by atoms with Crippen molar-refractivity contribution in [1.82, 2.24) is 0 Å². The quantitative estimate of drug-likeness (QED) is 0.397. The van der Waals surface area contributed by atoms with Gasteiger partial charge in [0, 0.05) is 5.02 Å². The van der Waals surface area contributed by atoms with E-state index >= 15 is 0 Å².